The average Bonchev–Trinajstić information content (AvgIpc) is 3.03. The second-order valence-electron chi connectivity index (χ2n) is 11.4. The molecule has 3 heterocycles. The highest BCUT2D eigenvalue weighted by Crippen LogP contribution is 2.38. The average molecular weight is 644 g/mol. The highest BCUT2D eigenvalue weighted by molar-refractivity contribution is 6.02. The summed E-state index contributed by atoms with van der Waals surface area (Å²) in [5, 5.41) is 2.94. The van der Waals surface area contributed by atoms with Gasteiger partial charge in [-0.3, -0.25) is 9.59 Å². The molecule has 2 saturated heterocycles. The minimum Gasteiger partial charge on any atom is -0.497 e. The van der Waals surface area contributed by atoms with Crippen LogP contribution in [-0.2, 0) is 6.18 Å². The predicted molar refractivity (Wildman–Crippen MR) is 165 cm³/mol. The molecule has 13 heteroatoms. The van der Waals surface area contributed by atoms with Crippen molar-refractivity contribution in [2.24, 2.45) is 0 Å². The largest absolute Gasteiger partial charge is 0.497 e. The Balaban J connectivity index is 1.49. The molecular weight excluding hydrogens is 606 g/mol. The van der Waals surface area contributed by atoms with Crippen LogP contribution < -0.4 is 19.7 Å². The first-order chi connectivity index (χ1) is 22.0. The van der Waals surface area contributed by atoms with E-state index < -0.39 is 41.0 Å². The first-order valence-electron chi connectivity index (χ1n) is 15.2. The number of rotatable bonds is 9. The monoisotopic (exact) mass is 643 g/mol. The Morgan fingerprint density at radius 3 is 2.46 bits per heavy atom. The van der Waals surface area contributed by atoms with Crippen molar-refractivity contribution in [1.82, 2.24) is 20.1 Å². The molecule has 2 aliphatic rings. The van der Waals surface area contributed by atoms with Crippen LogP contribution in [0.15, 0.2) is 48.7 Å². The van der Waals surface area contributed by atoms with Gasteiger partial charge in [-0.05, 0) is 62.9 Å². The van der Waals surface area contributed by atoms with E-state index in [4.69, 9.17) is 9.47 Å². The number of amides is 2. The Kier molecular flexibility index (Phi) is 9.71. The second kappa shape index (κ2) is 13.5. The van der Waals surface area contributed by atoms with Crippen molar-refractivity contribution >= 4 is 17.5 Å². The molecule has 246 valence electrons. The van der Waals surface area contributed by atoms with Crippen molar-refractivity contribution in [2.45, 2.75) is 38.5 Å². The molecule has 0 radical (unpaired) electrons. The number of halogens is 4. The Bertz CT molecular complexity index is 1590. The number of alkyl halides is 3. The first-order valence-corrected chi connectivity index (χ1v) is 15.2. The normalized spacial score (nSPS) is 17.4. The summed E-state index contributed by atoms with van der Waals surface area (Å²) in [6.45, 7) is 5.55. The highest BCUT2D eigenvalue weighted by Gasteiger charge is 2.39. The van der Waals surface area contributed by atoms with Crippen LogP contribution in [0.2, 0.25) is 0 Å². The number of ether oxygens (including phenoxy) is 2. The van der Waals surface area contributed by atoms with Gasteiger partial charge in [-0.2, -0.15) is 13.2 Å². The Labute approximate surface area is 265 Å². The number of nitrogens with one attached hydrogen (secondary N) is 1. The Morgan fingerprint density at radius 1 is 1.04 bits per heavy atom. The molecule has 1 atom stereocenters. The molecule has 0 unspecified atom stereocenters. The molecule has 9 nitrogen and oxygen atoms in total. The summed E-state index contributed by atoms with van der Waals surface area (Å²) in [4.78, 5) is 36.7. The standard InChI is InChI=1S/C33H37F4N5O4/c1-5-21-19-41(32(44)25-10-9-22(45-4)16-26(25)33(35,36)37)14-15-42(21)27-12-11-23(24-8-7-13-38-31(24)46-6-2)29(34)28(27)30(43)39-20-17-40(3)18-20/h7-13,16,20-21H,5-6,14-15,17-19H2,1-4H3,(H,39,43)/t21-/m1/s1. The van der Waals surface area contributed by atoms with Gasteiger partial charge in [0, 0.05) is 56.1 Å². The van der Waals surface area contributed by atoms with Crippen LogP contribution in [0, 0.1) is 5.82 Å². The number of pyridine rings is 1. The van der Waals surface area contributed by atoms with Gasteiger partial charge in [-0.15, -0.1) is 0 Å². The fourth-order valence-corrected chi connectivity index (χ4v) is 6.07. The lowest BCUT2D eigenvalue weighted by atomic mass is 9.97. The summed E-state index contributed by atoms with van der Waals surface area (Å²) in [6, 6.07) is 9.30. The number of piperazine rings is 1. The van der Waals surface area contributed by atoms with Gasteiger partial charge in [0.2, 0.25) is 5.88 Å². The number of likely N-dealkylation sites (tertiary alicyclic amines) is 1. The van der Waals surface area contributed by atoms with Gasteiger partial charge in [0.1, 0.15) is 11.6 Å². The quantitative estimate of drug-likeness (QED) is 0.325. The van der Waals surface area contributed by atoms with Crippen LogP contribution >= 0.6 is 0 Å². The van der Waals surface area contributed by atoms with Crippen molar-refractivity contribution < 1.29 is 36.6 Å². The van der Waals surface area contributed by atoms with E-state index >= 15 is 4.39 Å². The fraction of sp³-hybridized carbons (Fsp3) is 0.424. The Hall–Kier alpha value is -4.39. The molecule has 0 saturated carbocycles. The number of hydrogen-bond donors (Lipinski definition) is 1. The van der Waals surface area contributed by atoms with E-state index in [1.54, 1.807) is 31.2 Å². The molecule has 0 aliphatic carbocycles. The van der Waals surface area contributed by atoms with Crippen LogP contribution in [0.5, 0.6) is 11.6 Å². The van der Waals surface area contributed by atoms with Gasteiger partial charge in [-0.25, -0.2) is 9.37 Å². The van der Waals surface area contributed by atoms with Crippen LogP contribution in [-0.4, -0.2) is 92.2 Å². The van der Waals surface area contributed by atoms with E-state index in [1.165, 1.54) is 24.3 Å². The van der Waals surface area contributed by atoms with E-state index in [0.717, 1.165) is 12.1 Å². The summed E-state index contributed by atoms with van der Waals surface area (Å²) in [5.74, 6) is -1.85. The molecule has 5 rings (SSSR count). The molecule has 2 aromatic carbocycles. The summed E-state index contributed by atoms with van der Waals surface area (Å²) >= 11 is 0. The summed E-state index contributed by atoms with van der Waals surface area (Å²) in [5.41, 5.74) is -0.810. The number of methoxy groups -OCH3 is 1. The third-order valence-corrected chi connectivity index (χ3v) is 8.40. The molecule has 1 aromatic heterocycles. The molecular formula is C33H37F4N5O4. The number of anilines is 1. The van der Waals surface area contributed by atoms with E-state index in [-0.39, 0.29) is 48.4 Å². The maximum atomic E-state index is 16.6. The van der Waals surface area contributed by atoms with Gasteiger partial charge < -0.3 is 29.5 Å². The molecule has 2 aliphatic heterocycles. The van der Waals surface area contributed by atoms with Crippen molar-refractivity contribution in [3.8, 4) is 22.8 Å². The first kappa shape index (κ1) is 33.0. The Morgan fingerprint density at radius 2 is 1.80 bits per heavy atom. The predicted octanol–water partition coefficient (Wildman–Crippen LogP) is 5.10. The summed E-state index contributed by atoms with van der Waals surface area (Å²) in [6.07, 6.45) is -2.75. The summed E-state index contributed by atoms with van der Waals surface area (Å²) in [7, 11) is 3.18. The van der Waals surface area contributed by atoms with Crippen molar-refractivity contribution in [3.05, 3.63) is 71.2 Å². The lowest BCUT2D eigenvalue weighted by Crippen LogP contribution is -2.58. The SMILES string of the molecule is CCOc1ncccc1-c1ccc(N2CCN(C(=O)c3ccc(OC)cc3C(F)(F)F)C[C@H]2CC)c(C(=O)NC2CN(C)C2)c1F. The van der Waals surface area contributed by atoms with E-state index in [2.05, 4.69) is 10.3 Å². The highest BCUT2D eigenvalue weighted by atomic mass is 19.4. The third-order valence-electron chi connectivity index (χ3n) is 8.40. The molecule has 3 aromatic rings. The molecule has 2 fully saturated rings. The second-order valence-corrected chi connectivity index (χ2v) is 11.4. The molecule has 0 bridgehead atoms. The number of aromatic nitrogens is 1. The zero-order valence-corrected chi connectivity index (χ0v) is 26.2. The molecule has 46 heavy (non-hydrogen) atoms. The zero-order chi connectivity index (χ0) is 33.2. The molecule has 1 N–H and O–H groups in total. The molecule has 2 amide bonds. The van der Waals surface area contributed by atoms with E-state index in [9.17, 15) is 22.8 Å². The van der Waals surface area contributed by atoms with Gasteiger partial charge in [0.15, 0.2) is 0 Å². The van der Waals surface area contributed by atoms with Crippen molar-refractivity contribution in [1.29, 1.82) is 0 Å². The van der Waals surface area contributed by atoms with Crippen LogP contribution in [0.4, 0.5) is 23.2 Å². The number of nitrogens with zero attached hydrogens (tertiary/aromatic N) is 4. The smallest absolute Gasteiger partial charge is 0.417 e. The maximum Gasteiger partial charge on any atom is 0.417 e. The maximum absolute atomic E-state index is 16.6. The third kappa shape index (κ3) is 6.60. The van der Waals surface area contributed by atoms with Crippen LogP contribution in [0.25, 0.3) is 11.1 Å². The molecule has 0 spiro atoms. The minimum atomic E-state index is -4.77. The lowest BCUT2D eigenvalue weighted by Gasteiger charge is -2.43. The summed E-state index contributed by atoms with van der Waals surface area (Å²) < 4.78 is 69.0. The number of benzene rings is 2. The van der Waals surface area contributed by atoms with E-state index in [1.807, 2.05) is 23.8 Å². The number of hydrogen-bond acceptors (Lipinski definition) is 7. The van der Waals surface area contributed by atoms with Gasteiger partial charge >= 0.3 is 6.18 Å². The van der Waals surface area contributed by atoms with Crippen LogP contribution in [0.1, 0.15) is 46.5 Å². The van der Waals surface area contributed by atoms with Gasteiger partial charge in [0.05, 0.1) is 42.1 Å². The topological polar surface area (TPSA) is 87.2 Å². The number of carbonyl (C=O) groups excluding carboxylic acids is 2. The minimum absolute atomic E-state index is 0.00962. The zero-order valence-electron chi connectivity index (χ0n) is 26.2. The lowest BCUT2D eigenvalue weighted by molar-refractivity contribution is -0.138. The fourth-order valence-electron chi connectivity index (χ4n) is 6.07. The van der Waals surface area contributed by atoms with E-state index in [0.29, 0.717) is 37.4 Å². The number of carbonyl (C=O) groups is 2. The van der Waals surface area contributed by atoms with Crippen molar-refractivity contribution in [2.75, 3.05) is 58.4 Å². The van der Waals surface area contributed by atoms with Gasteiger partial charge in [-0.1, -0.05) is 6.92 Å². The number of likely N-dealkylation sites (N-methyl/N-ethyl adjacent to an activating group) is 1. The van der Waals surface area contributed by atoms with Crippen LogP contribution in [0.3, 0.4) is 0 Å². The van der Waals surface area contributed by atoms with Gasteiger partial charge in [0.25, 0.3) is 11.8 Å². The van der Waals surface area contributed by atoms with Crippen molar-refractivity contribution in [3.63, 3.8) is 0 Å².